The Hall–Kier alpha value is -1.14. The number of piperidine rings is 1. The zero-order valence-corrected chi connectivity index (χ0v) is 14.6. The Balaban J connectivity index is 0.00000264. The topological polar surface area (TPSA) is 67.6 Å². The molecule has 1 amide bonds. The van der Waals surface area contributed by atoms with Crippen LogP contribution >= 0.6 is 12.4 Å². The lowest BCUT2D eigenvalue weighted by Gasteiger charge is -2.29. The number of hydrogen-bond acceptors (Lipinski definition) is 4. The maximum absolute atomic E-state index is 12.1. The molecule has 1 heterocycles. The van der Waals surface area contributed by atoms with Gasteiger partial charge in [0.25, 0.3) is 0 Å². The van der Waals surface area contributed by atoms with Crippen molar-refractivity contribution in [3.05, 3.63) is 35.4 Å². The number of nitrogens with zero attached hydrogens (tertiary/aromatic N) is 1. The van der Waals surface area contributed by atoms with E-state index in [2.05, 4.69) is 10.2 Å². The summed E-state index contributed by atoms with van der Waals surface area (Å²) in [5, 5.41) is 3.01. The number of nitrogens with two attached hydrogens (primary N) is 1. The van der Waals surface area contributed by atoms with Crippen LogP contribution in [-0.4, -0.2) is 43.1 Å². The minimum absolute atomic E-state index is 0. The first kappa shape index (κ1) is 19.9. The van der Waals surface area contributed by atoms with E-state index in [1.54, 1.807) is 0 Å². The Labute approximate surface area is 145 Å². The minimum Gasteiger partial charge on any atom is -0.377 e. The zero-order valence-electron chi connectivity index (χ0n) is 13.8. The third-order valence-corrected chi connectivity index (χ3v) is 4.06. The molecule has 3 N–H and O–H groups in total. The smallest absolute Gasteiger partial charge is 0.234 e. The Morgan fingerprint density at radius 3 is 2.61 bits per heavy atom. The van der Waals surface area contributed by atoms with Gasteiger partial charge in [-0.3, -0.25) is 9.69 Å². The molecule has 6 heteroatoms. The van der Waals surface area contributed by atoms with Gasteiger partial charge < -0.3 is 15.8 Å². The summed E-state index contributed by atoms with van der Waals surface area (Å²) in [7, 11) is 0. The van der Waals surface area contributed by atoms with Crippen molar-refractivity contribution in [3.63, 3.8) is 0 Å². The van der Waals surface area contributed by atoms with Gasteiger partial charge in [0.15, 0.2) is 0 Å². The van der Waals surface area contributed by atoms with Crippen molar-refractivity contribution in [1.29, 1.82) is 0 Å². The first-order chi connectivity index (χ1) is 10.7. The van der Waals surface area contributed by atoms with Gasteiger partial charge in [-0.25, -0.2) is 0 Å². The number of carbonyl (C=O) groups is 1. The van der Waals surface area contributed by atoms with Crippen LogP contribution in [0.15, 0.2) is 24.3 Å². The Morgan fingerprint density at radius 2 is 1.96 bits per heavy atom. The molecule has 23 heavy (non-hydrogen) atoms. The van der Waals surface area contributed by atoms with Crippen LogP contribution in [0.4, 0.5) is 0 Å². The molecule has 1 aromatic rings. The standard InChI is InChI=1S/C17H27N3O2.ClH/c1-2-22-13-15-6-4-3-5-14(15)11-19-17(21)12-20-9-7-16(18)8-10-20;/h3-6,16H,2,7-13,18H2,1H3,(H,19,21);1H. The predicted octanol–water partition coefficient (Wildman–Crippen LogP) is 1.68. The van der Waals surface area contributed by atoms with Crippen molar-refractivity contribution in [2.45, 2.75) is 39.0 Å². The summed E-state index contributed by atoms with van der Waals surface area (Å²) in [5.74, 6) is 0.0710. The zero-order chi connectivity index (χ0) is 15.8. The molecule has 0 saturated carbocycles. The largest absolute Gasteiger partial charge is 0.377 e. The number of carbonyl (C=O) groups excluding carboxylic acids is 1. The van der Waals surface area contributed by atoms with E-state index in [0.717, 1.165) is 37.1 Å². The number of nitrogens with one attached hydrogen (secondary N) is 1. The number of benzene rings is 1. The van der Waals surface area contributed by atoms with E-state index in [4.69, 9.17) is 10.5 Å². The van der Waals surface area contributed by atoms with E-state index in [0.29, 0.717) is 32.3 Å². The Kier molecular flexibility index (Phi) is 9.17. The molecule has 1 aromatic carbocycles. The van der Waals surface area contributed by atoms with Gasteiger partial charge in [-0.05, 0) is 30.9 Å². The van der Waals surface area contributed by atoms with Gasteiger partial charge in [0.1, 0.15) is 0 Å². The quantitative estimate of drug-likeness (QED) is 0.792. The first-order valence-electron chi connectivity index (χ1n) is 8.08. The molecule has 0 atom stereocenters. The van der Waals surface area contributed by atoms with Crippen molar-refractivity contribution in [3.8, 4) is 0 Å². The van der Waals surface area contributed by atoms with Gasteiger partial charge >= 0.3 is 0 Å². The molecule has 1 aliphatic rings. The van der Waals surface area contributed by atoms with Gasteiger partial charge in [-0.1, -0.05) is 24.3 Å². The second-order valence-electron chi connectivity index (χ2n) is 5.80. The summed E-state index contributed by atoms with van der Waals surface area (Å²) in [5.41, 5.74) is 8.13. The molecule has 0 aromatic heterocycles. The SMILES string of the molecule is CCOCc1ccccc1CNC(=O)CN1CCC(N)CC1.Cl. The van der Waals surface area contributed by atoms with E-state index in [-0.39, 0.29) is 18.3 Å². The highest BCUT2D eigenvalue weighted by molar-refractivity contribution is 5.85. The van der Waals surface area contributed by atoms with E-state index < -0.39 is 0 Å². The van der Waals surface area contributed by atoms with Crippen LogP contribution in [0.5, 0.6) is 0 Å². The lowest BCUT2D eigenvalue weighted by atomic mass is 10.1. The minimum atomic E-state index is 0. The summed E-state index contributed by atoms with van der Waals surface area (Å²) >= 11 is 0. The molecule has 0 spiro atoms. The molecule has 5 nitrogen and oxygen atoms in total. The predicted molar refractivity (Wildman–Crippen MR) is 94.5 cm³/mol. The van der Waals surface area contributed by atoms with Crippen molar-refractivity contribution < 1.29 is 9.53 Å². The molecule has 130 valence electrons. The third-order valence-electron chi connectivity index (χ3n) is 4.06. The Morgan fingerprint density at radius 1 is 1.30 bits per heavy atom. The molecule has 1 fully saturated rings. The maximum atomic E-state index is 12.1. The normalized spacial score (nSPS) is 15.9. The average molecular weight is 342 g/mol. The van der Waals surface area contributed by atoms with Gasteiger partial charge in [0, 0.05) is 32.3 Å². The molecule has 2 rings (SSSR count). The summed E-state index contributed by atoms with van der Waals surface area (Å²) in [6.45, 7) is 6.10. The van der Waals surface area contributed by atoms with Gasteiger partial charge in [-0.2, -0.15) is 0 Å². The molecule has 0 radical (unpaired) electrons. The molecule has 1 aliphatic heterocycles. The summed E-state index contributed by atoms with van der Waals surface area (Å²) < 4.78 is 5.47. The van der Waals surface area contributed by atoms with Gasteiger partial charge in [0.2, 0.25) is 5.91 Å². The fourth-order valence-corrected chi connectivity index (χ4v) is 2.65. The van der Waals surface area contributed by atoms with E-state index >= 15 is 0 Å². The average Bonchev–Trinajstić information content (AvgIpc) is 2.54. The number of rotatable bonds is 7. The lowest BCUT2D eigenvalue weighted by molar-refractivity contribution is -0.122. The Bertz CT molecular complexity index is 477. The summed E-state index contributed by atoms with van der Waals surface area (Å²) in [4.78, 5) is 14.2. The van der Waals surface area contributed by atoms with Crippen LogP contribution in [0.25, 0.3) is 0 Å². The van der Waals surface area contributed by atoms with Crippen molar-refractivity contribution in [1.82, 2.24) is 10.2 Å². The van der Waals surface area contributed by atoms with E-state index in [9.17, 15) is 4.79 Å². The highest BCUT2D eigenvalue weighted by Crippen LogP contribution is 2.10. The van der Waals surface area contributed by atoms with Gasteiger partial charge in [-0.15, -0.1) is 12.4 Å². The lowest BCUT2D eigenvalue weighted by Crippen LogP contribution is -2.44. The number of amides is 1. The van der Waals surface area contributed by atoms with Gasteiger partial charge in [0.05, 0.1) is 13.2 Å². The number of likely N-dealkylation sites (tertiary alicyclic amines) is 1. The van der Waals surface area contributed by atoms with E-state index in [1.165, 1.54) is 0 Å². The molecule has 0 bridgehead atoms. The van der Waals surface area contributed by atoms with Crippen molar-refractivity contribution in [2.75, 3.05) is 26.2 Å². The van der Waals surface area contributed by atoms with Crippen molar-refractivity contribution in [2.24, 2.45) is 5.73 Å². The summed E-state index contributed by atoms with van der Waals surface area (Å²) in [6.07, 6.45) is 1.95. The summed E-state index contributed by atoms with van der Waals surface area (Å²) in [6, 6.07) is 8.36. The molecule has 1 saturated heterocycles. The van der Waals surface area contributed by atoms with Crippen LogP contribution in [0.2, 0.25) is 0 Å². The monoisotopic (exact) mass is 341 g/mol. The van der Waals surface area contributed by atoms with Crippen molar-refractivity contribution >= 4 is 18.3 Å². The second kappa shape index (κ2) is 10.6. The van der Waals surface area contributed by atoms with Crippen LogP contribution in [-0.2, 0) is 22.7 Å². The first-order valence-corrected chi connectivity index (χ1v) is 8.08. The highest BCUT2D eigenvalue weighted by atomic mass is 35.5. The number of halogens is 1. The van der Waals surface area contributed by atoms with Crippen LogP contribution < -0.4 is 11.1 Å². The molecule has 0 aliphatic carbocycles. The van der Waals surface area contributed by atoms with Crippen LogP contribution in [0.1, 0.15) is 30.9 Å². The van der Waals surface area contributed by atoms with Crippen LogP contribution in [0, 0.1) is 0 Å². The number of ether oxygens (including phenoxy) is 1. The van der Waals surface area contributed by atoms with Crippen LogP contribution in [0.3, 0.4) is 0 Å². The fraction of sp³-hybridized carbons (Fsp3) is 0.588. The third kappa shape index (κ3) is 6.87. The molecule has 0 unspecified atom stereocenters. The molecular formula is C17H28ClN3O2. The maximum Gasteiger partial charge on any atom is 0.234 e. The van der Waals surface area contributed by atoms with E-state index in [1.807, 2.05) is 31.2 Å². The number of hydrogen-bond donors (Lipinski definition) is 2. The molecular weight excluding hydrogens is 314 g/mol. The second-order valence-corrected chi connectivity index (χ2v) is 5.80. The highest BCUT2D eigenvalue weighted by Gasteiger charge is 2.18. The fourth-order valence-electron chi connectivity index (χ4n) is 2.65.